The number of nitrogens with zero attached hydrogens (tertiary/aromatic N) is 4. The molecule has 218 valence electrons. The number of hydrogen-bond acceptors (Lipinski definition) is 8. The van der Waals surface area contributed by atoms with E-state index in [9.17, 15) is 31.5 Å². The summed E-state index contributed by atoms with van der Waals surface area (Å²) in [7, 11) is -2.96. The molecule has 0 saturated carbocycles. The minimum atomic E-state index is -4.28. The molecule has 0 amide bonds. The van der Waals surface area contributed by atoms with Crippen molar-refractivity contribution in [3.63, 3.8) is 0 Å². The van der Waals surface area contributed by atoms with Crippen molar-refractivity contribution in [3.8, 4) is 22.8 Å². The number of pyridine rings is 1. The van der Waals surface area contributed by atoms with Gasteiger partial charge in [-0.1, -0.05) is 6.07 Å². The van der Waals surface area contributed by atoms with Crippen LogP contribution in [0.4, 0.5) is 24.5 Å². The molecule has 0 radical (unpaired) electrons. The summed E-state index contributed by atoms with van der Waals surface area (Å²) < 4.78 is 79.3. The van der Waals surface area contributed by atoms with Crippen LogP contribution in [0.1, 0.15) is 5.56 Å². The number of aryl methyl sites for hydroxylation is 1. The zero-order chi connectivity index (χ0) is 29.5. The number of carboxylic acid groups (broad SMARTS) is 1. The van der Waals surface area contributed by atoms with Crippen molar-refractivity contribution in [1.82, 2.24) is 9.88 Å². The van der Waals surface area contributed by atoms with Crippen LogP contribution in [0.15, 0.2) is 53.6 Å². The third-order valence-electron chi connectivity index (χ3n) is 7.00. The molecule has 1 saturated heterocycles. The highest BCUT2D eigenvalue weighted by atomic mass is 32.2. The Bertz CT molecular complexity index is 1590. The Morgan fingerprint density at radius 3 is 2.59 bits per heavy atom. The second-order valence-corrected chi connectivity index (χ2v) is 11.6. The maximum absolute atomic E-state index is 14.4. The number of fused-ring (bicyclic) bond motifs is 3. The SMILES string of the molecule is COc1ncc(C)cc1S(=O)(=O)N1C[C@@H]2CN(CC(=O)O)CCN2c2ccc(-c3cc(F)cc(OC(F)F)c3)cc21. The molecule has 10 nitrogen and oxygen atoms in total. The van der Waals surface area contributed by atoms with Crippen molar-refractivity contribution in [2.24, 2.45) is 0 Å². The number of benzene rings is 2. The van der Waals surface area contributed by atoms with Gasteiger partial charge >= 0.3 is 12.6 Å². The van der Waals surface area contributed by atoms with Gasteiger partial charge in [-0.05, 0) is 53.9 Å². The predicted octanol–water partition coefficient (Wildman–Crippen LogP) is 3.59. The summed E-state index contributed by atoms with van der Waals surface area (Å²) in [5, 5.41) is 9.30. The van der Waals surface area contributed by atoms with Gasteiger partial charge in [0.25, 0.3) is 10.0 Å². The molecule has 5 rings (SSSR count). The highest BCUT2D eigenvalue weighted by Crippen LogP contribution is 2.43. The normalized spacial score (nSPS) is 17.3. The van der Waals surface area contributed by atoms with Gasteiger partial charge in [0.05, 0.1) is 37.6 Å². The van der Waals surface area contributed by atoms with Gasteiger partial charge in [0.1, 0.15) is 16.5 Å². The fourth-order valence-electron chi connectivity index (χ4n) is 5.28. The van der Waals surface area contributed by atoms with E-state index < -0.39 is 28.4 Å². The van der Waals surface area contributed by atoms with Gasteiger partial charge in [0.15, 0.2) is 0 Å². The number of anilines is 2. The van der Waals surface area contributed by atoms with E-state index in [-0.39, 0.29) is 46.9 Å². The number of carbonyl (C=O) groups is 1. The fraction of sp³-hybridized carbons (Fsp3) is 0.333. The lowest BCUT2D eigenvalue weighted by molar-refractivity contribution is -0.138. The Morgan fingerprint density at radius 1 is 1.10 bits per heavy atom. The first-order valence-corrected chi connectivity index (χ1v) is 14.0. The Labute approximate surface area is 234 Å². The second-order valence-electron chi connectivity index (χ2n) is 9.79. The molecule has 0 bridgehead atoms. The lowest BCUT2D eigenvalue weighted by atomic mass is 10.00. The molecule has 0 unspecified atom stereocenters. The van der Waals surface area contributed by atoms with E-state index >= 15 is 0 Å². The average molecular weight is 593 g/mol. The van der Waals surface area contributed by atoms with Crippen LogP contribution in [0, 0.1) is 12.7 Å². The van der Waals surface area contributed by atoms with Crippen LogP contribution in [0.5, 0.6) is 11.6 Å². The topological polar surface area (TPSA) is 113 Å². The number of methoxy groups -OCH3 is 1. The maximum atomic E-state index is 14.4. The van der Waals surface area contributed by atoms with E-state index in [0.717, 1.165) is 12.1 Å². The van der Waals surface area contributed by atoms with Crippen molar-refractivity contribution >= 4 is 27.4 Å². The molecular formula is C27H27F3N4O6S. The highest BCUT2D eigenvalue weighted by molar-refractivity contribution is 7.93. The standard InChI is InChI=1S/C27H27F3N4O6S/c1-16-7-24(26(39-2)31-12-16)41(37,38)34-14-20-13-32(15-25(35)36)5-6-33(20)22-4-3-17(10-23(22)34)18-8-19(28)11-21(9-18)40-27(29)30/h3-4,7-12,20,27H,5-6,13-15H2,1-2H3,(H,35,36)/t20-/m0/s1. The molecule has 2 aliphatic heterocycles. The van der Waals surface area contributed by atoms with Gasteiger partial charge in [0, 0.05) is 31.9 Å². The Balaban J connectivity index is 1.64. The number of carboxylic acids is 1. The number of aliphatic carboxylic acids is 1. The van der Waals surface area contributed by atoms with Crippen molar-refractivity contribution in [3.05, 3.63) is 60.0 Å². The minimum absolute atomic E-state index is 0.0190. The smallest absolute Gasteiger partial charge is 0.387 e. The van der Waals surface area contributed by atoms with Gasteiger partial charge in [0.2, 0.25) is 5.88 Å². The first-order valence-electron chi connectivity index (χ1n) is 12.6. The molecule has 3 heterocycles. The van der Waals surface area contributed by atoms with E-state index in [2.05, 4.69) is 9.72 Å². The average Bonchev–Trinajstić information content (AvgIpc) is 2.91. The van der Waals surface area contributed by atoms with Crippen LogP contribution >= 0.6 is 0 Å². The van der Waals surface area contributed by atoms with Gasteiger partial charge in [-0.2, -0.15) is 8.78 Å². The largest absolute Gasteiger partial charge is 0.480 e. The summed E-state index contributed by atoms with van der Waals surface area (Å²) in [4.78, 5) is 19.1. The first-order chi connectivity index (χ1) is 19.5. The zero-order valence-electron chi connectivity index (χ0n) is 22.1. The van der Waals surface area contributed by atoms with Gasteiger partial charge in [-0.15, -0.1) is 0 Å². The number of halogens is 3. The molecule has 1 atom stereocenters. The Kier molecular flexibility index (Phi) is 7.70. The van der Waals surface area contributed by atoms with E-state index in [0.29, 0.717) is 36.4 Å². The van der Waals surface area contributed by atoms with Crippen molar-refractivity contribution < 1.29 is 41.0 Å². The van der Waals surface area contributed by atoms with Crippen LogP contribution in [0.25, 0.3) is 11.1 Å². The molecule has 1 aromatic heterocycles. The number of hydrogen-bond donors (Lipinski definition) is 1. The summed E-state index contributed by atoms with van der Waals surface area (Å²) >= 11 is 0. The van der Waals surface area contributed by atoms with E-state index in [1.807, 2.05) is 4.90 Å². The zero-order valence-corrected chi connectivity index (χ0v) is 22.9. The molecule has 1 N–H and O–H groups in total. The third kappa shape index (κ3) is 5.75. The number of alkyl halides is 2. The fourth-order valence-corrected chi connectivity index (χ4v) is 6.98. The lowest BCUT2D eigenvalue weighted by Crippen LogP contribution is -2.61. The summed E-state index contributed by atoms with van der Waals surface area (Å²) in [5.41, 5.74) is 2.04. The number of piperazine rings is 1. The van der Waals surface area contributed by atoms with Crippen LogP contribution < -0.4 is 18.7 Å². The van der Waals surface area contributed by atoms with Crippen molar-refractivity contribution in [1.29, 1.82) is 0 Å². The molecule has 0 spiro atoms. The van der Waals surface area contributed by atoms with Crippen LogP contribution in [0.2, 0.25) is 0 Å². The monoisotopic (exact) mass is 592 g/mol. The number of rotatable bonds is 8. The summed E-state index contributed by atoms with van der Waals surface area (Å²) in [6.45, 7) is -0.450. The quantitative estimate of drug-likeness (QED) is 0.419. The van der Waals surface area contributed by atoms with Gasteiger partial charge < -0.3 is 19.5 Å². The van der Waals surface area contributed by atoms with Gasteiger partial charge in [-0.3, -0.25) is 14.0 Å². The van der Waals surface area contributed by atoms with Crippen molar-refractivity contribution in [2.75, 3.05) is 49.0 Å². The number of sulfonamides is 1. The number of ether oxygens (including phenoxy) is 2. The Morgan fingerprint density at radius 2 is 1.88 bits per heavy atom. The molecule has 14 heteroatoms. The lowest BCUT2D eigenvalue weighted by Gasteiger charge is -2.49. The van der Waals surface area contributed by atoms with Crippen LogP contribution in [-0.4, -0.2) is 81.9 Å². The predicted molar refractivity (Wildman–Crippen MR) is 144 cm³/mol. The molecule has 41 heavy (non-hydrogen) atoms. The van der Waals surface area contributed by atoms with Gasteiger partial charge in [-0.25, -0.2) is 17.8 Å². The molecule has 1 fully saturated rings. The van der Waals surface area contributed by atoms with Crippen LogP contribution in [0.3, 0.4) is 0 Å². The summed E-state index contributed by atoms with van der Waals surface area (Å²) in [6.07, 6.45) is 1.48. The van der Waals surface area contributed by atoms with Crippen molar-refractivity contribution in [2.45, 2.75) is 24.5 Å². The maximum Gasteiger partial charge on any atom is 0.387 e. The Hall–Kier alpha value is -4.04. The second kappa shape index (κ2) is 11.1. The molecular weight excluding hydrogens is 565 g/mol. The van der Waals surface area contributed by atoms with E-state index in [1.165, 1.54) is 29.7 Å². The molecule has 2 aromatic carbocycles. The first kappa shape index (κ1) is 28.5. The molecule has 2 aliphatic rings. The van der Waals surface area contributed by atoms with Crippen LogP contribution in [-0.2, 0) is 14.8 Å². The summed E-state index contributed by atoms with van der Waals surface area (Å²) in [6, 6.07) is 9.20. The van der Waals surface area contributed by atoms with E-state index in [1.54, 1.807) is 30.0 Å². The highest BCUT2D eigenvalue weighted by Gasteiger charge is 2.41. The van der Waals surface area contributed by atoms with E-state index in [4.69, 9.17) is 4.74 Å². The molecule has 0 aliphatic carbocycles. The number of aromatic nitrogens is 1. The summed E-state index contributed by atoms with van der Waals surface area (Å²) in [5.74, 6) is -2.25. The third-order valence-corrected chi connectivity index (χ3v) is 8.78. The molecule has 3 aromatic rings. The minimum Gasteiger partial charge on any atom is -0.480 e.